The summed E-state index contributed by atoms with van der Waals surface area (Å²) in [5.74, 6) is 2.61. The van der Waals surface area contributed by atoms with Crippen molar-refractivity contribution < 1.29 is 0 Å². The molecule has 0 amide bonds. The number of hydrogen-bond acceptors (Lipinski definition) is 3. The van der Waals surface area contributed by atoms with Crippen LogP contribution in [-0.2, 0) is 0 Å². The Morgan fingerprint density at radius 2 is 2.56 bits per heavy atom. The van der Waals surface area contributed by atoms with Gasteiger partial charge in [0.15, 0.2) is 0 Å². The van der Waals surface area contributed by atoms with Gasteiger partial charge in [0.1, 0.15) is 0 Å². The van der Waals surface area contributed by atoms with Gasteiger partial charge in [-0.25, -0.2) is 4.99 Å². The molecule has 0 aromatic rings. The molecule has 0 spiro atoms. The second kappa shape index (κ2) is 6.79. The molecule has 50 valence electrons. The van der Waals surface area contributed by atoms with Crippen molar-refractivity contribution in [2.24, 2.45) is 10.7 Å². The van der Waals surface area contributed by atoms with Gasteiger partial charge in [-0.05, 0) is 6.92 Å². The lowest BCUT2D eigenvalue weighted by molar-refractivity contribution is 0.927. The van der Waals surface area contributed by atoms with Crippen LogP contribution in [0.5, 0.6) is 0 Å². The van der Waals surface area contributed by atoms with Crippen molar-refractivity contribution in [3.63, 3.8) is 0 Å². The number of nitrogens with zero attached hydrogens (tertiary/aromatic N) is 1. The lowest BCUT2D eigenvalue weighted by Crippen LogP contribution is -2.01. The zero-order chi connectivity index (χ0) is 6.95. The van der Waals surface area contributed by atoms with Crippen molar-refractivity contribution >= 4 is 5.87 Å². The lowest BCUT2D eigenvalue weighted by Gasteiger charge is -1.83. The molecule has 0 aliphatic carbocycles. The molecule has 9 heavy (non-hydrogen) atoms. The standard InChI is InChI=1S/C6H11N3/c1-2-8-5-6-9-4-3-7/h3-5,8H,2,7H2,1H3/b4-3-. The van der Waals surface area contributed by atoms with Crippen LogP contribution >= 0.6 is 0 Å². The topological polar surface area (TPSA) is 50.4 Å². The summed E-state index contributed by atoms with van der Waals surface area (Å²) in [4.78, 5) is 3.65. The monoisotopic (exact) mass is 125 g/mol. The maximum atomic E-state index is 4.99. The molecule has 0 aliphatic heterocycles. The Morgan fingerprint density at radius 1 is 1.78 bits per heavy atom. The third-order valence-electron chi connectivity index (χ3n) is 0.606. The minimum absolute atomic E-state index is 0.884. The van der Waals surface area contributed by atoms with E-state index in [0.717, 1.165) is 6.54 Å². The van der Waals surface area contributed by atoms with Gasteiger partial charge in [0.2, 0.25) is 0 Å². The van der Waals surface area contributed by atoms with Crippen molar-refractivity contribution in [2.75, 3.05) is 6.54 Å². The Bertz CT molecular complexity index is 131. The van der Waals surface area contributed by atoms with Gasteiger partial charge in [0.05, 0.1) is 12.4 Å². The second-order valence-electron chi connectivity index (χ2n) is 1.30. The van der Waals surface area contributed by atoms with Crippen LogP contribution in [0.15, 0.2) is 23.6 Å². The Hall–Kier alpha value is -1.21. The molecule has 0 saturated carbocycles. The highest BCUT2D eigenvalue weighted by Gasteiger charge is 1.60. The molecule has 0 unspecified atom stereocenters. The summed E-state index contributed by atoms with van der Waals surface area (Å²) in [6.07, 6.45) is 4.46. The fourth-order valence-corrected chi connectivity index (χ4v) is 0.271. The van der Waals surface area contributed by atoms with Crippen LogP contribution in [0.1, 0.15) is 6.92 Å². The molecule has 3 heteroatoms. The highest BCUT2D eigenvalue weighted by Crippen LogP contribution is 1.61. The van der Waals surface area contributed by atoms with E-state index in [1.807, 2.05) is 6.92 Å². The quantitative estimate of drug-likeness (QED) is 0.530. The largest absolute Gasteiger partial charge is 0.403 e. The highest BCUT2D eigenvalue weighted by molar-refractivity contribution is 5.51. The third kappa shape index (κ3) is 6.79. The fourth-order valence-electron chi connectivity index (χ4n) is 0.271. The third-order valence-corrected chi connectivity index (χ3v) is 0.606. The minimum atomic E-state index is 0.884. The van der Waals surface area contributed by atoms with E-state index in [2.05, 4.69) is 16.2 Å². The molecule has 0 atom stereocenters. The number of aliphatic imine (C=N–C) groups is 1. The van der Waals surface area contributed by atoms with Gasteiger partial charge in [0, 0.05) is 18.6 Å². The molecule has 0 aromatic heterocycles. The van der Waals surface area contributed by atoms with Crippen LogP contribution in [0.4, 0.5) is 0 Å². The molecule has 0 radical (unpaired) electrons. The summed E-state index contributed by atoms with van der Waals surface area (Å²) in [5.41, 5.74) is 4.99. The van der Waals surface area contributed by atoms with Crippen molar-refractivity contribution in [3.05, 3.63) is 18.6 Å². The molecular formula is C6H11N3. The zero-order valence-electron chi connectivity index (χ0n) is 5.46. The van der Waals surface area contributed by atoms with Crippen LogP contribution in [0.25, 0.3) is 0 Å². The first kappa shape index (κ1) is 7.79. The smallest absolute Gasteiger partial charge is 0.0596 e. The molecule has 3 nitrogen and oxygen atoms in total. The molecular weight excluding hydrogens is 114 g/mol. The average molecular weight is 125 g/mol. The fraction of sp³-hybridized carbons (Fsp3) is 0.333. The molecule has 0 saturated heterocycles. The van der Waals surface area contributed by atoms with E-state index >= 15 is 0 Å². The van der Waals surface area contributed by atoms with Crippen LogP contribution in [0.2, 0.25) is 0 Å². The predicted molar refractivity (Wildman–Crippen MR) is 39.0 cm³/mol. The normalized spacial score (nSPS) is 8.56. The highest BCUT2D eigenvalue weighted by atomic mass is 14.8. The van der Waals surface area contributed by atoms with Crippen molar-refractivity contribution in [2.45, 2.75) is 6.92 Å². The summed E-state index contributed by atoms with van der Waals surface area (Å²) >= 11 is 0. The van der Waals surface area contributed by atoms with Gasteiger partial charge in [-0.15, -0.1) is 0 Å². The van der Waals surface area contributed by atoms with Gasteiger partial charge in [-0.2, -0.15) is 0 Å². The molecule has 0 heterocycles. The van der Waals surface area contributed by atoms with Gasteiger partial charge in [-0.1, -0.05) is 0 Å². The number of nitrogens with one attached hydrogen (secondary N) is 1. The van der Waals surface area contributed by atoms with E-state index in [9.17, 15) is 0 Å². The van der Waals surface area contributed by atoms with E-state index in [-0.39, 0.29) is 0 Å². The summed E-state index contributed by atoms with van der Waals surface area (Å²) in [7, 11) is 0. The van der Waals surface area contributed by atoms with Crippen LogP contribution in [-0.4, -0.2) is 12.4 Å². The molecule has 3 N–H and O–H groups in total. The van der Waals surface area contributed by atoms with E-state index in [4.69, 9.17) is 5.73 Å². The van der Waals surface area contributed by atoms with Crippen LogP contribution < -0.4 is 11.1 Å². The first-order valence-corrected chi connectivity index (χ1v) is 2.79. The van der Waals surface area contributed by atoms with Gasteiger partial charge >= 0.3 is 0 Å². The Balaban J connectivity index is 3.41. The number of rotatable bonds is 3. The molecule has 0 aliphatic rings. The Morgan fingerprint density at radius 3 is 3.11 bits per heavy atom. The molecule has 0 rings (SSSR count). The lowest BCUT2D eigenvalue weighted by atomic mass is 10.7. The molecule has 0 fully saturated rings. The zero-order valence-corrected chi connectivity index (χ0v) is 5.46. The van der Waals surface area contributed by atoms with E-state index < -0.39 is 0 Å². The van der Waals surface area contributed by atoms with Crippen LogP contribution in [0, 0.1) is 0 Å². The van der Waals surface area contributed by atoms with Gasteiger partial charge < -0.3 is 11.1 Å². The predicted octanol–water partition coefficient (Wildman–Crippen LogP) is 0.209. The summed E-state index contributed by atoms with van der Waals surface area (Å²) < 4.78 is 0. The van der Waals surface area contributed by atoms with Crippen molar-refractivity contribution in [1.29, 1.82) is 0 Å². The van der Waals surface area contributed by atoms with Crippen molar-refractivity contribution in [1.82, 2.24) is 5.32 Å². The average Bonchev–Trinajstić information content (AvgIpc) is 1.89. The molecule has 0 bridgehead atoms. The molecule has 0 aromatic carbocycles. The van der Waals surface area contributed by atoms with Gasteiger partial charge in [-0.3, -0.25) is 0 Å². The SMILES string of the molecule is CCNC=C=N/C=C\N. The van der Waals surface area contributed by atoms with Gasteiger partial charge in [0.25, 0.3) is 0 Å². The van der Waals surface area contributed by atoms with Crippen LogP contribution in [0.3, 0.4) is 0 Å². The Kier molecular flexibility index (Phi) is 5.88. The van der Waals surface area contributed by atoms with Crippen molar-refractivity contribution in [3.8, 4) is 0 Å². The second-order valence-corrected chi connectivity index (χ2v) is 1.30. The number of hydrogen-bond donors (Lipinski definition) is 2. The summed E-state index contributed by atoms with van der Waals surface area (Å²) in [6.45, 7) is 2.88. The maximum Gasteiger partial charge on any atom is 0.0596 e. The number of nitrogens with two attached hydrogens (primary N) is 1. The maximum absolute atomic E-state index is 4.99. The van der Waals surface area contributed by atoms with E-state index in [0.29, 0.717) is 0 Å². The summed E-state index contributed by atoms with van der Waals surface area (Å²) in [6, 6.07) is 0. The minimum Gasteiger partial charge on any atom is -0.403 e. The Labute approximate surface area is 55.0 Å². The summed E-state index contributed by atoms with van der Waals surface area (Å²) in [5, 5.41) is 2.90. The first-order valence-electron chi connectivity index (χ1n) is 2.79. The van der Waals surface area contributed by atoms with E-state index in [1.54, 1.807) is 6.20 Å². The van der Waals surface area contributed by atoms with E-state index in [1.165, 1.54) is 12.4 Å². The first-order chi connectivity index (χ1) is 4.41.